The molecular formula is C38H24N2. The van der Waals surface area contributed by atoms with Crippen molar-refractivity contribution in [1.82, 2.24) is 9.13 Å². The van der Waals surface area contributed by atoms with Gasteiger partial charge in [0.25, 0.3) is 0 Å². The topological polar surface area (TPSA) is 9.86 Å². The molecular weight excluding hydrogens is 484 g/mol. The largest absolute Gasteiger partial charge is 0.309 e. The monoisotopic (exact) mass is 508 g/mol. The minimum Gasteiger partial charge on any atom is -0.309 e. The molecule has 0 radical (unpaired) electrons. The van der Waals surface area contributed by atoms with Gasteiger partial charge in [-0.15, -0.1) is 0 Å². The first-order valence-corrected chi connectivity index (χ1v) is 13.8. The summed E-state index contributed by atoms with van der Waals surface area (Å²) >= 11 is 0. The first-order chi connectivity index (χ1) is 19.8. The molecule has 186 valence electrons. The normalized spacial score (nSPS) is 12.0. The van der Waals surface area contributed by atoms with Gasteiger partial charge in [-0.05, 0) is 82.2 Å². The van der Waals surface area contributed by atoms with Crippen molar-refractivity contribution in [1.29, 1.82) is 0 Å². The second-order valence-corrected chi connectivity index (χ2v) is 10.7. The number of fused-ring (bicyclic) bond motifs is 8. The number of rotatable bonds is 2. The smallest absolute Gasteiger partial charge is 0.0541 e. The Hall–Kier alpha value is -5.34. The Labute approximate surface area is 230 Å². The van der Waals surface area contributed by atoms with Crippen LogP contribution < -0.4 is 0 Å². The molecule has 2 nitrogen and oxygen atoms in total. The van der Waals surface area contributed by atoms with E-state index in [1.54, 1.807) is 0 Å². The quantitative estimate of drug-likeness (QED) is 0.206. The van der Waals surface area contributed by atoms with Crippen molar-refractivity contribution in [2.45, 2.75) is 0 Å². The van der Waals surface area contributed by atoms with Crippen LogP contribution in [0.25, 0.3) is 76.5 Å². The van der Waals surface area contributed by atoms with E-state index in [9.17, 15) is 0 Å². The van der Waals surface area contributed by atoms with Crippen LogP contribution in [0.15, 0.2) is 146 Å². The molecule has 0 saturated heterocycles. The van der Waals surface area contributed by atoms with Crippen LogP contribution in [0.5, 0.6) is 0 Å². The average Bonchev–Trinajstić information content (AvgIpc) is 3.53. The Morgan fingerprint density at radius 1 is 0.275 bits per heavy atom. The maximum atomic E-state index is 2.39. The zero-order valence-electron chi connectivity index (χ0n) is 21.8. The van der Waals surface area contributed by atoms with Crippen molar-refractivity contribution < 1.29 is 0 Å². The third kappa shape index (κ3) is 2.99. The van der Waals surface area contributed by atoms with Crippen LogP contribution in [0.4, 0.5) is 0 Å². The first-order valence-electron chi connectivity index (χ1n) is 13.8. The van der Waals surface area contributed by atoms with E-state index in [-0.39, 0.29) is 0 Å². The van der Waals surface area contributed by atoms with Gasteiger partial charge in [-0.2, -0.15) is 0 Å². The van der Waals surface area contributed by atoms with Gasteiger partial charge in [0.05, 0.1) is 22.1 Å². The Morgan fingerprint density at radius 3 is 0.950 bits per heavy atom. The fourth-order valence-corrected chi connectivity index (χ4v) is 6.65. The lowest BCUT2D eigenvalue weighted by atomic mass is 10.0. The van der Waals surface area contributed by atoms with Gasteiger partial charge in [-0.25, -0.2) is 0 Å². The molecule has 0 amide bonds. The second kappa shape index (κ2) is 8.08. The summed E-state index contributed by atoms with van der Waals surface area (Å²) in [7, 11) is 0. The number of hydrogen-bond acceptors (Lipinski definition) is 0. The van der Waals surface area contributed by atoms with Gasteiger partial charge in [0.2, 0.25) is 0 Å². The van der Waals surface area contributed by atoms with Gasteiger partial charge in [0.1, 0.15) is 0 Å². The molecule has 0 aliphatic carbocycles. The molecule has 9 aromatic rings. The lowest BCUT2D eigenvalue weighted by Crippen LogP contribution is -1.94. The van der Waals surface area contributed by atoms with Crippen LogP contribution in [0, 0.1) is 0 Å². The summed E-state index contributed by atoms with van der Waals surface area (Å²) in [5.41, 5.74) is 7.32. The van der Waals surface area contributed by atoms with E-state index in [1.165, 1.54) is 76.5 Å². The molecule has 0 bridgehead atoms. The zero-order valence-corrected chi connectivity index (χ0v) is 21.8. The molecule has 40 heavy (non-hydrogen) atoms. The van der Waals surface area contributed by atoms with Gasteiger partial charge in [0.15, 0.2) is 0 Å². The van der Waals surface area contributed by atoms with Gasteiger partial charge in [-0.3, -0.25) is 0 Å². The van der Waals surface area contributed by atoms with Crippen molar-refractivity contribution in [3.05, 3.63) is 146 Å². The Morgan fingerprint density at radius 2 is 0.600 bits per heavy atom. The molecule has 9 rings (SSSR count). The van der Waals surface area contributed by atoms with Crippen molar-refractivity contribution >= 4 is 65.2 Å². The molecule has 0 saturated carbocycles. The maximum Gasteiger partial charge on any atom is 0.0541 e. The number of benzene rings is 7. The van der Waals surface area contributed by atoms with Crippen LogP contribution in [-0.4, -0.2) is 9.13 Å². The predicted octanol–water partition coefficient (Wildman–Crippen LogP) is 10.2. The highest BCUT2D eigenvalue weighted by molar-refractivity contribution is 6.11. The van der Waals surface area contributed by atoms with E-state index in [1.807, 2.05) is 0 Å². The number of para-hydroxylation sites is 4. The molecule has 0 fully saturated rings. The van der Waals surface area contributed by atoms with Crippen molar-refractivity contribution in [2.24, 2.45) is 0 Å². The minimum absolute atomic E-state index is 1.19. The van der Waals surface area contributed by atoms with Crippen LogP contribution in [0.3, 0.4) is 0 Å². The van der Waals surface area contributed by atoms with Crippen molar-refractivity contribution in [3.8, 4) is 11.4 Å². The van der Waals surface area contributed by atoms with Crippen LogP contribution in [0.1, 0.15) is 0 Å². The number of aromatic nitrogens is 2. The van der Waals surface area contributed by atoms with Crippen LogP contribution >= 0.6 is 0 Å². The number of nitrogens with zero attached hydrogens (tertiary/aromatic N) is 2. The summed E-state index contributed by atoms with van der Waals surface area (Å²) in [6.45, 7) is 0. The first kappa shape index (κ1) is 21.6. The van der Waals surface area contributed by atoms with Crippen LogP contribution in [0.2, 0.25) is 0 Å². The molecule has 2 heterocycles. The van der Waals surface area contributed by atoms with E-state index >= 15 is 0 Å². The molecule has 0 N–H and O–H groups in total. The van der Waals surface area contributed by atoms with E-state index in [4.69, 9.17) is 0 Å². The third-order valence-corrected chi connectivity index (χ3v) is 8.44. The molecule has 0 unspecified atom stereocenters. The van der Waals surface area contributed by atoms with E-state index in [0.29, 0.717) is 0 Å². The summed E-state index contributed by atoms with van der Waals surface area (Å²) in [5, 5.41) is 10.1. The Kier molecular flexibility index (Phi) is 4.36. The highest BCUT2D eigenvalue weighted by Gasteiger charge is 2.14. The third-order valence-electron chi connectivity index (χ3n) is 8.44. The average molecular weight is 509 g/mol. The number of hydrogen-bond donors (Lipinski definition) is 0. The van der Waals surface area contributed by atoms with E-state index in [2.05, 4.69) is 155 Å². The van der Waals surface area contributed by atoms with Gasteiger partial charge >= 0.3 is 0 Å². The lowest BCUT2D eigenvalue weighted by Gasteiger charge is -2.12. The predicted molar refractivity (Wildman–Crippen MR) is 170 cm³/mol. The van der Waals surface area contributed by atoms with Crippen molar-refractivity contribution in [2.75, 3.05) is 0 Å². The maximum absolute atomic E-state index is 2.39. The van der Waals surface area contributed by atoms with Crippen LogP contribution in [-0.2, 0) is 0 Å². The summed E-state index contributed by atoms with van der Waals surface area (Å²) < 4.78 is 4.78. The fraction of sp³-hybridized carbons (Fsp3) is 0. The minimum atomic E-state index is 1.19. The fourth-order valence-electron chi connectivity index (χ4n) is 6.65. The summed E-state index contributed by atoms with van der Waals surface area (Å²) in [6, 6.07) is 53.1. The molecule has 2 aromatic heterocycles. The molecule has 0 spiro atoms. The van der Waals surface area contributed by atoms with Gasteiger partial charge < -0.3 is 9.13 Å². The standard InChI is InChI=1S/C38H24N2/c1-5-13-35-31(9-1)32-10-2-6-14-36(32)39(35)29-19-17-25-22-28-24-30(20-18-26(28)21-27(25)23-29)40-37-15-7-3-11-33(37)34-12-4-8-16-38(34)40/h1-24H. The summed E-state index contributed by atoms with van der Waals surface area (Å²) in [5.74, 6) is 0. The Bertz CT molecular complexity index is 2160. The summed E-state index contributed by atoms with van der Waals surface area (Å²) in [6.07, 6.45) is 0. The molecule has 2 heteroatoms. The van der Waals surface area contributed by atoms with E-state index in [0.717, 1.165) is 0 Å². The molecule has 0 atom stereocenters. The SMILES string of the molecule is c1ccc2c(c1)c1ccccc1n2-c1ccc2cc3cc(-n4c5ccccc5c5ccccc54)ccc3cc2c1. The van der Waals surface area contributed by atoms with Crippen molar-refractivity contribution in [3.63, 3.8) is 0 Å². The molecule has 0 aliphatic heterocycles. The van der Waals surface area contributed by atoms with E-state index < -0.39 is 0 Å². The Balaban J connectivity index is 1.24. The molecule has 7 aromatic carbocycles. The molecule has 0 aliphatic rings. The highest BCUT2D eigenvalue weighted by Crippen LogP contribution is 2.35. The second-order valence-electron chi connectivity index (χ2n) is 10.7. The zero-order chi connectivity index (χ0) is 26.2. The highest BCUT2D eigenvalue weighted by atomic mass is 15.0. The van der Waals surface area contributed by atoms with Gasteiger partial charge in [0, 0.05) is 32.9 Å². The lowest BCUT2D eigenvalue weighted by molar-refractivity contribution is 1.18. The van der Waals surface area contributed by atoms with Gasteiger partial charge in [-0.1, -0.05) is 84.9 Å². The summed E-state index contributed by atoms with van der Waals surface area (Å²) in [4.78, 5) is 0.